The first-order chi connectivity index (χ1) is 5.06. The lowest BCUT2D eigenvalue weighted by atomic mass is 10.5. The number of alkyl halides is 3. The van der Waals surface area contributed by atoms with Crippen molar-refractivity contribution in [2.75, 3.05) is 19.0 Å². The van der Waals surface area contributed by atoms with Crippen molar-refractivity contribution in [1.82, 2.24) is 0 Å². The summed E-state index contributed by atoms with van der Waals surface area (Å²) in [6.45, 7) is -1.20. The van der Waals surface area contributed by atoms with Crippen LogP contribution in [0.2, 0.25) is 0 Å². The zero-order chi connectivity index (χ0) is 8.74. The Morgan fingerprint density at radius 2 is 1.91 bits per heavy atom. The van der Waals surface area contributed by atoms with Gasteiger partial charge in [0.25, 0.3) is 0 Å². The van der Waals surface area contributed by atoms with Crippen molar-refractivity contribution in [1.29, 1.82) is 0 Å². The summed E-state index contributed by atoms with van der Waals surface area (Å²) < 4.78 is 38.5. The molecule has 1 nitrogen and oxygen atoms in total. The lowest BCUT2D eigenvalue weighted by molar-refractivity contribution is -0.171. The van der Waals surface area contributed by atoms with E-state index in [2.05, 4.69) is 17.4 Å². The summed E-state index contributed by atoms with van der Waals surface area (Å²) in [6, 6.07) is 0. The predicted octanol–water partition coefficient (Wildman–Crippen LogP) is 2.05. The third-order valence-electron chi connectivity index (χ3n) is 0.752. The highest BCUT2D eigenvalue weighted by molar-refractivity contribution is 7.80. The predicted molar refractivity (Wildman–Crippen MR) is 39.9 cm³/mol. The second kappa shape index (κ2) is 5.49. The SMILES string of the molecule is FC(F)(F)COCC=CCS. The average molecular weight is 186 g/mol. The maximum absolute atomic E-state index is 11.4. The van der Waals surface area contributed by atoms with Crippen LogP contribution in [0.3, 0.4) is 0 Å². The minimum Gasteiger partial charge on any atom is -0.368 e. The van der Waals surface area contributed by atoms with E-state index in [9.17, 15) is 13.2 Å². The summed E-state index contributed by atoms with van der Waals surface area (Å²) in [4.78, 5) is 0. The van der Waals surface area contributed by atoms with E-state index in [0.717, 1.165) is 0 Å². The van der Waals surface area contributed by atoms with Crippen LogP contribution in [0.5, 0.6) is 0 Å². The van der Waals surface area contributed by atoms with Crippen LogP contribution in [0.4, 0.5) is 13.2 Å². The molecule has 0 N–H and O–H groups in total. The number of hydrogen-bond acceptors (Lipinski definition) is 2. The zero-order valence-electron chi connectivity index (χ0n) is 5.77. The summed E-state index contributed by atoms with van der Waals surface area (Å²) in [5, 5.41) is 0. The molecule has 0 saturated carbocycles. The van der Waals surface area contributed by atoms with E-state index >= 15 is 0 Å². The van der Waals surface area contributed by atoms with E-state index in [1.165, 1.54) is 6.08 Å². The van der Waals surface area contributed by atoms with Gasteiger partial charge in [-0.15, -0.1) is 0 Å². The van der Waals surface area contributed by atoms with E-state index in [0.29, 0.717) is 5.75 Å². The van der Waals surface area contributed by atoms with Crippen LogP contribution in [-0.4, -0.2) is 25.1 Å². The third kappa shape index (κ3) is 9.84. The lowest BCUT2D eigenvalue weighted by Crippen LogP contribution is -2.16. The highest BCUT2D eigenvalue weighted by atomic mass is 32.1. The lowest BCUT2D eigenvalue weighted by Gasteiger charge is -2.04. The van der Waals surface area contributed by atoms with Crippen molar-refractivity contribution in [3.63, 3.8) is 0 Å². The fourth-order valence-corrected chi connectivity index (χ4v) is 0.534. The fourth-order valence-electron chi connectivity index (χ4n) is 0.385. The molecule has 0 spiro atoms. The molecule has 0 heterocycles. The summed E-state index contributed by atoms with van der Waals surface area (Å²) >= 11 is 3.82. The molecule has 5 heteroatoms. The maximum Gasteiger partial charge on any atom is 0.411 e. The van der Waals surface area contributed by atoms with Gasteiger partial charge in [0.15, 0.2) is 0 Å². The van der Waals surface area contributed by atoms with Gasteiger partial charge in [-0.3, -0.25) is 0 Å². The molecule has 66 valence electrons. The number of ether oxygens (including phenoxy) is 1. The molecule has 0 radical (unpaired) electrons. The Balaban J connectivity index is 3.21. The largest absolute Gasteiger partial charge is 0.411 e. The molecule has 0 aromatic heterocycles. The first-order valence-electron chi connectivity index (χ1n) is 2.96. The molecule has 0 unspecified atom stereocenters. The van der Waals surface area contributed by atoms with Gasteiger partial charge < -0.3 is 4.74 Å². The minimum atomic E-state index is -4.23. The molecule has 0 amide bonds. The molecule has 0 atom stereocenters. The molecule has 0 bridgehead atoms. The van der Waals surface area contributed by atoms with Gasteiger partial charge in [0.2, 0.25) is 0 Å². The average Bonchev–Trinajstić information content (AvgIpc) is 1.85. The summed E-state index contributed by atoms with van der Waals surface area (Å²) in [6.07, 6.45) is -1.10. The topological polar surface area (TPSA) is 9.23 Å². The molecule has 0 aromatic carbocycles. The van der Waals surface area contributed by atoms with E-state index < -0.39 is 12.8 Å². The van der Waals surface area contributed by atoms with Crippen LogP contribution in [0.15, 0.2) is 12.2 Å². The molecule has 11 heavy (non-hydrogen) atoms. The first kappa shape index (κ1) is 10.8. The number of thiol groups is 1. The molecule has 0 aromatic rings. The molecule has 0 rings (SSSR count). The van der Waals surface area contributed by atoms with Gasteiger partial charge in [-0.25, -0.2) is 0 Å². The highest BCUT2D eigenvalue weighted by Crippen LogP contribution is 2.13. The van der Waals surface area contributed by atoms with Gasteiger partial charge in [0, 0.05) is 5.75 Å². The van der Waals surface area contributed by atoms with Crippen LogP contribution < -0.4 is 0 Å². The Kier molecular flexibility index (Phi) is 5.41. The molecule has 0 aliphatic carbocycles. The zero-order valence-corrected chi connectivity index (χ0v) is 6.66. The second-order valence-corrected chi connectivity index (χ2v) is 2.15. The van der Waals surface area contributed by atoms with Gasteiger partial charge in [0.1, 0.15) is 6.61 Å². The highest BCUT2D eigenvalue weighted by Gasteiger charge is 2.26. The molecule has 0 fully saturated rings. The van der Waals surface area contributed by atoms with E-state index in [1.54, 1.807) is 6.08 Å². The quantitative estimate of drug-likeness (QED) is 0.401. The number of rotatable bonds is 4. The van der Waals surface area contributed by atoms with Gasteiger partial charge in [-0.05, 0) is 0 Å². The molecule has 0 aliphatic rings. The standard InChI is InChI=1S/C6H9F3OS/c7-6(8,9)5-10-3-1-2-4-11/h1-2,11H,3-5H2. The summed E-state index contributed by atoms with van der Waals surface area (Å²) in [7, 11) is 0. The third-order valence-corrected chi connectivity index (χ3v) is 0.963. The van der Waals surface area contributed by atoms with Crippen molar-refractivity contribution >= 4 is 12.6 Å². The number of halogens is 3. The van der Waals surface area contributed by atoms with Crippen LogP contribution in [-0.2, 0) is 4.74 Å². The fraction of sp³-hybridized carbons (Fsp3) is 0.667. The Bertz CT molecular complexity index is 121. The van der Waals surface area contributed by atoms with Gasteiger partial charge >= 0.3 is 6.18 Å². The smallest absolute Gasteiger partial charge is 0.368 e. The van der Waals surface area contributed by atoms with Crippen molar-refractivity contribution in [3.05, 3.63) is 12.2 Å². The Morgan fingerprint density at radius 1 is 1.27 bits per heavy atom. The van der Waals surface area contributed by atoms with Crippen LogP contribution in [0, 0.1) is 0 Å². The van der Waals surface area contributed by atoms with Crippen molar-refractivity contribution in [2.45, 2.75) is 6.18 Å². The second-order valence-electron chi connectivity index (χ2n) is 1.78. The summed E-state index contributed by atoms with van der Waals surface area (Å²) in [5.74, 6) is 0.509. The Hall–Kier alpha value is -0.160. The molecular weight excluding hydrogens is 177 g/mol. The minimum absolute atomic E-state index is 0.0138. The van der Waals surface area contributed by atoms with Gasteiger partial charge in [-0.1, -0.05) is 12.2 Å². The van der Waals surface area contributed by atoms with E-state index in [1.807, 2.05) is 0 Å². The van der Waals surface area contributed by atoms with Gasteiger partial charge in [0.05, 0.1) is 6.61 Å². The van der Waals surface area contributed by atoms with Crippen LogP contribution >= 0.6 is 12.6 Å². The molecule has 0 saturated heterocycles. The maximum atomic E-state index is 11.4. The number of hydrogen-bond donors (Lipinski definition) is 1. The first-order valence-corrected chi connectivity index (χ1v) is 3.60. The van der Waals surface area contributed by atoms with E-state index in [-0.39, 0.29) is 6.61 Å². The Labute approximate surface area is 68.6 Å². The molecular formula is C6H9F3OS. The van der Waals surface area contributed by atoms with Crippen molar-refractivity contribution in [3.8, 4) is 0 Å². The van der Waals surface area contributed by atoms with Gasteiger partial charge in [-0.2, -0.15) is 25.8 Å². The van der Waals surface area contributed by atoms with Crippen LogP contribution in [0.1, 0.15) is 0 Å². The van der Waals surface area contributed by atoms with Crippen molar-refractivity contribution < 1.29 is 17.9 Å². The van der Waals surface area contributed by atoms with E-state index in [4.69, 9.17) is 0 Å². The van der Waals surface area contributed by atoms with Crippen molar-refractivity contribution in [2.24, 2.45) is 0 Å². The van der Waals surface area contributed by atoms with Crippen LogP contribution in [0.25, 0.3) is 0 Å². The molecule has 0 aliphatic heterocycles. The Morgan fingerprint density at radius 3 is 2.36 bits per heavy atom. The normalized spacial score (nSPS) is 12.7. The monoisotopic (exact) mass is 186 g/mol. The summed E-state index contributed by atoms with van der Waals surface area (Å²) in [5.41, 5.74) is 0.